The van der Waals surface area contributed by atoms with Crippen molar-refractivity contribution in [3.63, 3.8) is 0 Å². The Balaban J connectivity index is 1.54. The van der Waals surface area contributed by atoms with E-state index in [1.807, 2.05) is 42.5 Å². The molecule has 0 spiro atoms. The third-order valence-electron chi connectivity index (χ3n) is 5.19. The highest BCUT2D eigenvalue weighted by molar-refractivity contribution is 9.10. The van der Waals surface area contributed by atoms with E-state index in [0.717, 1.165) is 26.7 Å². The van der Waals surface area contributed by atoms with E-state index in [2.05, 4.69) is 34.1 Å². The lowest BCUT2D eigenvalue weighted by Gasteiger charge is -2.15. The Labute approximate surface area is 211 Å². The van der Waals surface area contributed by atoms with Gasteiger partial charge in [-0.25, -0.2) is 0 Å². The van der Waals surface area contributed by atoms with Crippen molar-refractivity contribution in [1.82, 2.24) is 0 Å². The number of rotatable bonds is 8. The van der Waals surface area contributed by atoms with Crippen LogP contribution in [0.3, 0.4) is 0 Å². The van der Waals surface area contributed by atoms with Gasteiger partial charge in [-0.05, 0) is 50.8 Å². The van der Waals surface area contributed by atoms with Gasteiger partial charge >= 0.3 is 0 Å². The molecule has 0 aliphatic carbocycles. The predicted octanol–water partition coefficient (Wildman–Crippen LogP) is 7.61. The third-order valence-corrected chi connectivity index (χ3v) is 6.42. The molecular weight excluding hydrogens is 514 g/mol. The van der Waals surface area contributed by atoms with Crippen molar-refractivity contribution in [3.05, 3.63) is 117 Å². The fourth-order valence-corrected chi connectivity index (χ4v) is 4.29. The van der Waals surface area contributed by atoms with Gasteiger partial charge in [0.25, 0.3) is 0 Å². The molecule has 0 radical (unpaired) electrons. The standard InChI is InChI=1S/C28H19BrClNO3/c29-28-22(10-5-11-24(28)21-8-2-1-3-9-21)18-34-27-14-26(23(16-32)13-25(27)30)33-17-20-7-4-6-19(12-20)15-31/h1-14,16H,17-18H2. The van der Waals surface area contributed by atoms with E-state index in [1.54, 1.807) is 24.3 Å². The van der Waals surface area contributed by atoms with Gasteiger partial charge in [-0.3, -0.25) is 4.79 Å². The Bertz CT molecular complexity index is 1370. The number of halogens is 2. The van der Waals surface area contributed by atoms with Crippen LogP contribution in [-0.4, -0.2) is 6.29 Å². The second-order valence-electron chi connectivity index (χ2n) is 7.47. The summed E-state index contributed by atoms with van der Waals surface area (Å²) in [4.78, 5) is 11.6. The van der Waals surface area contributed by atoms with E-state index in [-0.39, 0.29) is 13.2 Å². The first-order valence-electron chi connectivity index (χ1n) is 10.4. The molecule has 0 N–H and O–H groups in total. The highest BCUT2D eigenvalue weighted by Gasteiger charge is 2.13. The number of hydrogen-bond acceptors (Lipinski definition) is 4. The largest absolute Gasteiger partial charge is 0.488 e. The molecule has 0 unspecified atom stereocenters. The molecule has 0 aliphatic rings. The monoisotopic (exact) mass is 531 g/mol. The normalized spacial score (nSPS) is 10.4. The van der Waals surface area contributed by atoms with Gasteiger partial charge in [0.05, 0.1) is 22.2 Å². The highest BCUT2D eigenvalue weighted by atomic mass is 79.9. The second-order valence-corrected chi connectivity index (χ2v) is 8.67. The summed E-state index contributed by atoms with van der Waals surface area (Å²) in [5, 5.41) is 9.40. The van der Waals surface area contributed by atoms with Gasteiger partial charge in [0.1, 0.15) is 24.7 Å². The fraction of sp³-hybridized carbons (Fsp3) is 0.0714. The van der Waals surface area contributed by atoms with E-state index in [0.29, 0.717) is 33.9 Å². The average molecular weight is 533 g/mol. The van der Waals surface area contributed by atoms with Crippen LogP contribution in [0.25, 0.3) is 11.1 Å². The lowest BCUT2D eigenvalue weighted by Crippen LogP contribution is -2.02. The van der Waals surface area contributed by atoms with Gasteiger partial charge in [0.15, 0.2) is 6.29 Å². The molecule has 0 saturated heterocycles. The van der Waals surface area contributed by atoms with Crippen molar-refractivity contribution in [1.29, 1.82) is 5.26 Å². The van der Waals surface area contributed by atoms with E-state index < -0.39 is 0 Å². The minimum atomic E-state index is 0.197. The first-order chi connectivity index (χ1) is 16.6. The Hall–Kier alpha value is -3.59. The molecule has 168 valence electrons. The lowest BCUT2D eigenvalue weighted by molar-refractivity contribution is 0.111. The lowest BCUT2D eigenvalue weighted by atomic mass is 10.0. The van der Waals surface area contributed by atoms with Crippen molar-refractivity contribution in [2.75, 3.05) is 0 Å². The molecule has 0 heterocycles. The number of benzene rings is 4. The Kier molecular flexibility index (Phi) is 7.64. The van der Waals surface area contributed by atoms with Gasteiger partial charge in [0.2, 0.25) is 0 Å². The predicted molar refractivity (Wildman–Crippen MR) is 136 cm³/mol. The second kappa shape index (κ2) is 11.0. The number of carbonyl (C=O) groups is 1. The molecule has 0 atom stereocenters. The zero-order valence-corrected chi connectivity index (χ0v) is 20.3. The molecule has 0 amide bonds. The van der Waals surface area contributed by atoms with E-state index in [9.17, 15) is 4.79 Å². The molecule has 34 heavy (non-hydrogen) atoms. The molecule has 4 aromatic carbocycles. The average Bonchev–Trinajstić information content (AvgIpc) is 2.88. The van der Waals surface area contributed by atoms with E-state index in [1.165, 1.54) is 6.07 Å². The van der Waals surface area contributed by atoms with Crippen LogP contribution in [0.2, 0.25) is 5.02 Å². The van der Waals surface area contributed by atoms with Crippen LogP contribution in [0.4, 0.5) is 0 Å². The summed E-state index contributed by atoms with van der Waals surface area (Å²) in [6, 6.07) is 28.4. The highest BCUT2D eigenvalue weighted by Crippen LogP contribution is 2.35. The van der Waals surface area contributed by atoms with Crippen LogP contribution in [0.15, 0.2) is 89.4 Å². The number of hydrogen-bond donors (Lipinski definition) is 0. The molecular formula is C28H19BrClNO3. The Morgan fingerprint density at radius 2 is 1.65 bits per heavy atom. The molecule has 4 aromatic rings. The van der Waals surface area contributed by atoms with Crippen LogP contribution in [0, 0.1) is 11.3 Å². The Morgan fingerprint density at radius 1 is 0.882 bits per heavy atom. The number of nitrogens with zero attached hydrogens (tertiary/aromatic N) is 1. The van der Waals surface area contributed by atoms with Gasteiger partial charge in [0, 0.05) is 16.1 Å². The summed E-state index contributed by atoms with van der Waals surface area (Å²) in [6.07, 6.45) is 0.691. The topological polar surface area (TPSA) is 59.3 Å². The zero-order chi connectivity index (χ0) is 23.9. The van der Waals surface area contributed by atoms with Gasteiger partial charge < -0.3 is 9.47 Å². The van der Waals surface area contributed by atoms with Crippen molar-refractivity contribution in [2.24, 2.45) is 0 Å². The number of aldehydes is 1. The summed E-state index contributed by atoms with van der Waals surface area (Å²) >= 11 is 10.1. The van der Waals surface area contributed by atoms with Gasteiger partial charge in [-0.2, -0.15) is 5.26 Å². The van der Waals surface area contributed by atoms with Crippen LogP contribution in [0.1, 0.15) is 27.0 Å². The minimum Gasteiger partial charge on any atom is -0.488 e. The summed E-state index contributed by atoms with van der Waals surface area (Å²) in [5.41, 5.74) is 4.79. The fourth-order valence-electron chi connectivity index (χ4n) is 3.46. The maximum atomic E-state index is 11.6. The van der Waals surface area contributed by atoms with Crippen molar-refractivity contribution in [3.8, 4) is 28.7 Å². The van der Waals surface area contributed by atoms with Crippen LogP contribution in [-0.2, 0) is 13.2 Å². The Morgan fingerprint density at radius 3 is 2.41 bits per heavy atom. The maximum Gasteiger partial charge on any atom is 0.153 e. The van der Waals surface area contributed by atoms with Crippen LogP contribution < -0.4 is 9.47 Å². The molecule has 0 aromatic heterocycles. The van der Waals surface area contributed by atoms with Crippen molar-refractivity contribution < 1.29 is 14.3 Å². The van der Waals surface area contributed by atoms with Gasteiger partial charge in [-0.15, -0.1) is 0 Å². The summed E-state index contributed by atoms with van der Waals surface area (Å²) in [5.74, 6) is 0.763. The van der Waals surface area contributed by atoms with Crippen molar-refractivity contribution in [2.45, 2.75) is 13.2 Å². The SMILES string of the molecule is N#Cc1cccc(COc2cc(OCc3cccc(-c4ccccc4)c3Br)c(Cl)cc2C=O)c1. The molecule has 0 saturated carbocycles. The summed E-state index contributed by atoms with van der Waals surface area (Å²) < 4.78 is 12.8. The minimum absolute atomic E-state index is 0.197. The molecule has 0 aliphatic heterocycles. The zero-order valence-electron chi connectivity index (χ0n) is 18.0. The number of nitriles is 1. The van der Waals surface area contributed by atoms with Crippen LogP contribution >= 0.6 is 27.5 Å². The summed E-state index contributed by atoms with van der Waals surface area (Å²) in [6.45, 7) is 0.465. The number of carbonyl (C=O) groups excluding carboxylic acids is 1. The van der Waals surface area contributed by atoms with Crippen LogP contribution in [0.5, 0.6) is 11.5 Å². The summed E-state index contributed by atoms with van der Waals surface area (Å²) in [7, 11) is 0. The smallest absolute Gasteiger partial charge is 0.153 e. The molecule has 0 bridgehead atoms. The van der Waals surface area contributed by atoms with E-state index >= 15 is 0 Å². The molecule has 6 heteroatoms. The quantitative estimate of drug-likeness (QED) is 0.219. The van der Waals surface area contributed by atoms with Crippen molar-refractivity contribution >= 4 is 33.8 Å². The number of ether oxygens (including phenoxy) is 2. The first kappa shape index (κ1) is 23.6. The van der Waals surface area contributed by atoms with Gasteiger partial charge in [-0.1, -0.05) is 72.3 Å². The molecule has 4 nitrogen and oxygen atoms in total. The first-order valence-corrected chi connectivity index (χ1v) is 11.6. The van der Waals surface area contributed by atoms with E-state index in [4.69, 9.17) is 26.3 Å². The molecule has 4 rings (SSSR count). The molecule has 0 fully saturated rings. The maximum absolute atomic E-state index is 11.6. The third kappa shape index (κ3) is 5.48.